The van der Waals surface area contributed by atoms with E-state index >= 15 is 0 Å². The maximum absolute atomic E-state index is 12.7. The number of methoxy groups -OCH3 is 1. The van der Waals surface area contributed by atoms with Crippen LogP contribution in [0.2, 0.25) is 0 Å². The molecule has 2 heterocycles. The molecule has 114 valence electrons. The molecule has 5 heteroatoms. The fourth-order valence-corrected chi connectivity index (χ4v) is 2.40. The van der Waals surface area contributed by atoms with E-state index in [1.807, 2.05) is 36.7 Å². The first-order chi connectivity index (χ1) is 10.1. The molecule has 0 aliphatic heterocycles. The van der Waals surface area contributed by atoms with Crippen LogP contribution in [0.5, 0.6) is 5.75 Å². The number of unbranched alkanes of at least 4 members (excludes halogenated alkanes) is 1. The zero-order valence-electron chi connectivity index (χ0n) is 13.2. The minimum absolute atomic E-state index is 0.0149. The first kappa shape index (κ1) is 15.4. The van der Waals surface area contributed by atoms with Crippen molar-refractivity contribution in [3.8, 4) is 5.75 Å². The minimum atomic E-state index is 0.0149. The number of aryl methyl sites for hydroxylation is 1. The highest BCUT2D eigenvalue weighted by Crippen LogP contribution is 2.23. The largest absolute Gasteiger partial charge is 0.493 e. The number of carbonyl (C=O) groups is 1. The molecule has 5 nitrogen and oxygen atoms in total. The number of hydrogen-bond donors (Lipinski definition) is 0. The molecule has 21 heavy (non-hydrogen) atoms. The molecular weight excluding hydrogens is 266 g/mol. The van der Waals surface area contributed by atoms with E-state index in [0.29, 0.717) is 23.5 Å². The summed E-state index contributed by atoms with van der Waals surface area (Å²) in [5, 5.41) is 0. The number of rotatable bonds is 6. The van der Waals surface area contributed by atoms with Gasteiger partial charge in [-0.3, -0.25) is 9.20 Å². The molecule has 0 bridgehead atoms. The summed E-state index contributed by atoms with van der Waals surface area (Å²) in [6, 6.07) is 3.73. The third-order valence-electron chi connectivity index (χ3n) is 3.64. The highest BCUT2D eigenvalue weighted by molar-refractivity contribution is 5.95. The fourth-order valence-electron chi connectivity index (χ4n) is 2.40. The third kappa shape index (κ3) is 2.86. The molecule has 0 atom stereocenters. The monoisotopic (exact) mass is 289 g/mol. The van der Waals surface area contributed by atoms with Gasteiger partial charge in [0, 0.05) is 19.8 Å². The zero-order chi connectivity index (χ0) is 15.4. The molecule has 0 unspecified atom stereocenters. The highest BCUT2D eigenvalue weighted by Gasteiger charge is 2.22. The summed E-state index contributed by atoms with van der Waals surface area (Å²) in [6.45, 7) is 4.89. The number of pyridine rings is 1. The summed E-state index contributed by atoms with van der Waals surface area (Å²) in [5.74, 6) is 0.698. The van der Waals surface area contributed by atoms with Crippen molar-refractivity contribution < 1.29 is 9.53 Å². The van der Waals surface area contributed by atoms with Gasteiger partial charge < -0.3 is 9.64 Å². The summed E-state index contributed by atoms with van der Waals surface area (Å²) in [6.07, 6.45) is 4.65. The molecule has 0 saturated heterocycles. The molecule has 0 spiro atoms. The van der Waals surface area contributed by atoms with Gasteiger partial charge in [-0.15, -0.1) is 0 Å². The lowest BCUT2D eigenvalue weighted by molar-refractivity contribution is 0.0785. The smallest absolute Gasteiger partial charge is 0.272 e. The van der Waals surface area contributed by atoms with E-state index in [2.05, 4.69) is 11.9 Å². The van der Waals surface area contributed by atoms with Gasteiger partial charge in [0.25, 0.3) is 5.91 Å². The first-order valence-corrected chi connectivity index (χ1v) is 7.43. The van der Waals surface area contributed by atoms with E-state index in [9.17, 15) is 4.79 Å². The standard InChI is InChI=1S/C16H23N3O2/c1-5-7-10-18(3)16(20)14-12(6-2)17-15-13(21-4)9-8-11-19(14)15/h8-9,11H,5-7,10H2,1-4H3. The summed E-state index contributed by atoms with van der Waals surface area (Å²) >= 11 is 0. The second-order valence-electron chi connectivity index (χ2n) is 5.11. The number of ether oxygens (including phenoxy) is 1. The van der Waals surface area contributed by atoms with Gasteiger partial charge in [-0.25, -0.2) is 4.98 Å². The number of amides is 1. The van der Waals surface area contributed by atoms with Gasteiger partial charge in [0.1, 0.15) is 5.69 Å². The summed E-state index contributed by atoms with van der Waals surface area (Å²) in [4.78, 5) is 19.1. The van der Waals surface area contributed by atoms with Crippen LogP contribution in [0.4, 0.5) is 0 Å². The number of carbonyl (C=O) groups excluding carboxylic acids is 1. The van der Waals surface area contributed by atoms with Gasteiger partial charge in [-0.1, -0.05) is 20.3 Å². The van der Waals surface area contributed by atoms with Gasteiger partial charge in [-0.05, 0) is 25.0 Å². The van der Waals surface area contributed by atoms with Crippen molar-refractivity contribution in [3.63, 3.8) is 0 Å². The summed E-state index contributed by atoms with van der Waals surface area (Å²) in [5.41, 5.74) is 2.15. The second kappa shape index (κ2) is 6.61. The van der Waals surface area contributed by atoms with Crippen LogP contribution < -0.4 is 4.74 Å². The van der Waals surface area contributed by atoms with E-state index in [-0.39, 0.29) is 5.91 Å². The van der Waals surface area contributed by atoms with Gasteiger partial charge in [0.2, 0.25) is 0 Å². The van der Waals surface area contributed by atoms with Crippen LogP contribution in [0.3, 0.4) is 0 Å². The van der Waals surface area contributed by atoms with Crippen LogP contribution in [-0.2, 0) is 6.42 Å². The topological polar surface area (TPSA) is 46.8 Å². The predicted molar refractivity (Wildman–Crippen MR) is 83.0 cm³/mol. The first-order valence-electron chi connectivity index (χ1n) is 7.43. The lowest BCUT2D eigenvalue weighted by Gasteiger charge is -2.17. The van der Waals surface area contributed by atoms with E-state index in [4.69, 9.17) is 4.74 Å². The maximum Gasteiger partial charge on any atom is 0.272 e. The Bertz CT molecular complexity index is 634. The summed E-state index contributed by atoms with van der Waals surface area (Å²) < 4.78 is 7.17. The van der Waals surface area contributed by atoms with Gasteiger partial charge in [0.15, 0.2) is 11.4 Å². The number of nitrogens with zero attached hydrogens (tertiary/aromatic N) is 3. The van der Waals surface area contributed by atoms with E-state index in [0.717, 1.165) is 25.1 Å². The molecule has 0 aliphatic carbocycles. The molecule has 1 amide bonds. The van der Waals surface area contributed by atoms with Gasteiger partial charge in [0.05, 0.1) is 12.8 Å². The lowest BCUT2D eigenvalue weighted by Crippen LogP contribution is -2.29. The van der Waals surface area contributed by atoms with E-state index < -0.39 is 0 Å². The van der Waals surface area contributed by atoms with Crippen LogP contribution in [0.25, 0.3) is 5.65 Å². The van der Waals surface area contributed by atoms with Crippen molar-refractivity contribution in [1.82, 2.24) is 14.3 Å². The highest BCUT2D eigenvalue weighted by atomic mass is 16.5. The third-order valence-corrected chi connectivity index (χ3v) is 3.64. The molecule has 0 aromatic carbocycles. The summed E-state index contributed by atoms with van der Waals surface area (Å²) in [7, 11) is 3.46. The maximum atomic E-state index is 12.7. The molecule has 0 fully saturated rings. The Kier molecular flexibility index (Phi) is 4.83. The number of fused-ring (bicyclic) bond motifs is 1. The number of hydrogen-bond acceptors (Lipinski definition) is 3. The van der Waals surface area contributed by atoms with Gasteiger partial charge in [-0.2, -0.15) is 0 Å². The minimum Gasteiger partial charge on any atom is -0.493 e. The van der Waals surface area contributed by atoms with Crippen LogP contribution in [0, 0.1) is 0 Å². The molecule has 2 rings (SSSR count). The van der Waals surface area contributed by atoms with E-state index in [1.54, 1.807) is 12.0 Å². The Morgan fingerprint density at radius 1 is 1.43 bits per heavy atom. The van der Waals surface area contributed by atoms with Crippen molar-refractivity contribution in [2.75, 3.05) is 20.7 Å². The second-order valence-corrected chi connectivity index (χ2v) is 5.11. The Hall–Kier alpha value is -2.04. The molecule has 0 aliphatic rings. The number of imidazole rings is 1. The Morgan fingerprint density at radius 2 is 2.19 bits per heavy atom. The van der Waals surface area contributed by atoms with E-state index in [1.165, 1.54) is 0 Å². The van der Waals surface area contributed by atoms with Crippen LogP contribution in [0.1, 0.15) is 42.9 Å². The Labute approximate surface area is 125 Å². The average Bonchev–Trinajstić information content (AvgIpc) is 2.90. The van der Waals surface area contributed by atoms with Crippen molar-refractivity contribution in [2.45, 2.75) is 33.1 Å². The van der Waals surface area contributed by atoms with Crippen LogP contribution >= 0.6 is 0 Å². The zero-order valence-corrected chi connectivity index (χ0v) is 13.2. The van der Waals surface area contributed by atoms with Crippen molar-refractivity contribution in [3.05, 3.63) is 29.7 Å². The molecule has 0 saturated carbocycles. The Balaban J connectivity index is 2.49. The quantitative estimate of drug-likeness (QED) is 0.821. The fraction of sp³-hybridized carbons (Fsp3) is 0.500. The molecule has 2 aromatic heterocycles. The Morgan fingerprint density at radius 3 is 2.81 bits per heavy atom. The molecular formula is C16H23N3O2. The van der Waals surface area contributed by atoms with Crippen LogP contribution in [0.15, 0.2) is 18.3 Å². The molecule has 2 aromatic rings. The van der Waals surface area contributed by atoms with Crippen molar-refractivity contribution in [2.24, 2.45) is 0 Å². The van der Waals surface area contributed by atoms with Crippen LogP contribution in [-0.4, -0.2) is 40.9 Å². The molecule has 0 N–H and O–H groups in total. The normalized spacial score (nSPS) is 10.9. The predicted octanol–water partition coefficient (Wildman–Crippen LogP) is 2.78. The SMILES string of the molecule is CCCCN(C)C(=O)c1c(CC)nc2c(OC)cccn12. The molecule has 0 radical (unpaired) electrons. The lowest BCUT2D eigenvalue weighted by atomic mass is 10.2. The van der Waals surface area contributed by atoms with Crippen molar-refractivity contribution >= 4 is 11.6 Å². The van der Waals surface area contributed by atoms with Crippen molar-refractivity contribution in [1.29, 1.82) is 0 Å². The average molecular weight is 289 g/mol. The van der Waals surface area contributed by atoms with Gasteiger partial charge >= 0.3 is 0 Å². The number of aromatic nitrogens is 2.